The van der Waals surface area contributed by atoms with E-state index in [2.05, 4.69) is 10.6 Å². The fourth-order valence-corrected chi connectivity index (χ4v) is 4.56. The lowest BCUT2D eigenvalue weighted by molar-refractivity contribution is -0.145. The van der Waals surface area contributed by atoms with Gasteiger partial charge >= 0.3 is 5.97 Å². The molecule has 0 saturated carbocycles. The lowest BCUT2D eigenvalue weighted by Crippen LogP contribution is -2.47. The molecule has 1 saturated heterocycles. The quantitative estimate of drug-likeness (QED) is 0.445. The molecule has 1 aliphatic rings. The Kier molecular flexibility index (Phi) is 6.82. The van der Waals surface area contributed by atoms with Crippen molar-refractivity contribution in [2.24, 2.45) is 5.92 Å². The van der Waals surface area contributed by atoms with Gasteiger partial charge in [-0.25, -0.2) is 0 Å². The standard InChI is InChI=1S/C27H27ClN2O3/c1-27(26(32)33,22-3-2-16-29-17-22)21-10-14-24(15-11-21)30-25(31)20-6-4-18(5-7-20)19-8-12-23(28)13-9-19/h4-15,22,29H,2-3,16-17H2,1H3,(H,30,31)(H,32,33). The van der Waals surface area contributed by atoms with Crippen LogP contribution in [0.4, 0.5) is 5.69 Å². The number of anilines is 1. The van der Waals surface area contributed by atoms with Crippen molar-refractivity contribution in [3.63, 3.8) is 0 Å². The van der Waals surface area contributed by atoms with Crippen LogP contribution < -0.4 is 10.6 Å². The summed E-state index contributed by atoms with van der Waals surface area (Å²) < 4.78 is 0. The van der Waals surface area contributed by atoms with Gasteiger partial charge in [-0.3, -0.25) is 9.59 Å². The summed E-state index contributed by atoms with van der Waals surface area (Å²) in [7, 11) is 0. The van der Waals surface area contributed by atoms with Crippen molar-refractivity contribution in [1.29, 1.82) is 0 Å². The predicted molar refractivity (Wildman–Crippen MR) is 132 cm³/mol. The lowest BCUT2D eigenvalue weighted by Gasteiger charge is -2.37. The molecule has 0 bridgehead atoms. The maximum Gasteiger partial charge on any atom is 0.314 e. The monoisotopic (exact) mass is 462 g/mol. The Balaban J connectivity index is 1.46. The normalized spacial score (nSPS) is 17.7. The molecule has 0 radical (unpaired) electrons. The largest absolute Gasteiger partial charge is 0.481 e. The number of carbonyl (C=O) groups excluding carboxylic acids is 1. The minimum Gasteiger partial charge on any atom is -0.481 e. The number of nitrogens with one attached hydrogen (secondary N) is 2. The number of carboxylic acid groups (broad SMARTS) is 1. The second-order valence-electron chi connectivity index (χ2n) is 8.67. The molecule has 33 heavy (non-hydrogen) atoms. The molecule has 1 fully saturated rings. The van der Waals surface area contributed by atoms with Crippen LogP contribution in [0.3, 0.4) is 0 Å². The number of amides is 1. The van der Waals surface area contributed by atoms with Crippen molar-refractivity contribution in [3.05, 3.63) is 88.9 Å². The number of hydrogen-bond donors (Lipinski definition) is 3. The fourth-order valence-electron chi connectivity index (χ4n) is 4.44. The summed E-state index contributed by atoms with van der Waals surface area (Å²) in [6.07, 6.45) is 1.85. The van der Waals surface area contributed by atoms with Crippen molar-refractivity contribution in [2.75, 3.05) is 18.4 Å². The highest BCUT2D eigenvalue weighted by molar-refractivity contribution is 6.30. The van der Waals surface area contributed by atoms with E-state index in [4.69, 9.17) is 11.6 Å². The second-order valence-corrected chi connectivity index (χ2v) is 9.10. The number of rotatable bonds is 6. The zero-order valence-electron chi connectivity index (χ0n) is 18.5. The third-order valence-corrected chi connectivity index (χ3v) is 6.88. The van der Waals surface area contributed by atoms with E-state index in [-0.39, 0.29) is 11.8 Å². The maximum atomic E-state index is 12.7. The third kappa shape index (κ3) is 4.95. The molecular weight excluding hydrogens is 436 g/mol. The number of halogens is 1. The average molecular weight is 463 g/mol. The summed E-state index contributed by atoms with van der Waals surface area (Å²) in [5.74, 6) is -1.03. The number of benzene rings is 3. The summed E-state index contributed by atoms with van der Waals surface area (Å²) in [5.41, 5.74) is 2.96. The van der Waals surface area contributed by atoms with E-state index in [9.17, 15) is 14.7 Å². The molecular formula is C27H27ClN2O3. The zero-order valence-corrected chi connectivity index (χ0v) is 19.2. The van der Waals surface area contributed by atoms with Gasteiger partial charge in [0.2, 0.25) is 0 Å². The first-order valence-corrected chi connectivity index (χ1v) is 11.5. The number of carboxylic acids is 1. The van der Waals surface area contributed by atoms with E-state index in [1.807, 2.05) is 48.5 Å². The van der Waals surface area contributed by atoms with Crippen LogP contribution in [0.25, 0.3) is 11.1 Å². The van der Waals surface area contributed by atoms with Crippen LogP contribution in [0.15, 0.2) is 72.8 Å². The van der Waals surface area contributed by atoms with E-state index < -0.39 is 11.4 Å². The first-order chi connectivity index (χ1) is 15.9. The van der Waals surface area contributed by atoms with Gasteiger partial charge in [0.1, 0.15) is 0 Å². The van der Waals surface area contributed by atoms with E-state index in [0.717, 1.165) is 36.1 Å². The third-order valence-electron chi connectivity index (χ3n) is 6.62. The molecule has 0 aromatic heterocycles. The number of aliphatic carboxylic acids is 1. The van der Waals surface area contributed by atoms with Crippen LogP contribution in [0.5, 0.6) is 0 Å². The first kappa shape index (κ1) is 23.0. The molecule has 6 heteroatoms. The van der Waals surface area contributed by atoms with E-state index in [0.29, 0.717) is 22.8 Å². The van der Waals surface area contributed by atoms with Crippen molar-refractivity contribution in [3.8, 4) is 11.1 Å². The second kappa shape index (κ2) is 9.77. The van der Waals surface area contributed by atoms with Crippen molar-refractivity contribution in [1.82, 2.24) is 5.32 Å². The van der Waals surface area contributed by atoms with Gasteiger partial charge in [0.15, 0.2) is 0 Å². The summed E-state index contributed by atoms with van der Waals surface area (Å²) in [6.45, 7) is 3.41. The topological polar surface area (TPSA) is 78.4 Å². The molecule has 3 aromatic rings. The Morgan fingerprint density at radius 3 is 2.12 bits per heavy atom. The molecule has 4 rings (SSSR count). The highest BCUT2D eigenvalue weighted by Gasteiger charge is 2.43. The molecule has 2 atom stereocenters. The molecule has 5 nitrogen and oxygen atoms in total. The molecule has 3 aromatic carbocycles. The zero-order chi connectivity index (χ0) is 23.4. The molecule has 2 unspecified atom stereocenters. The fraction of sp³-hybridized carbons (Fsp3) is 0.259. The number of hydrogen-bond acceptors (Lipinski definition) is 3. The van der Waals surface area contributed by atoms with E-state index >= 15 is 0 Å². The Morgan fingerprint density at radius 2 is 1.58 bits per heavy atom. The number of piperidine rings is 1. The lowest BCUT2D eigenvalue weighted by atomic mass is 9.69. The highest BCUT2D eigenvalue weighted by atomic mass is 35.5. The maximum absolute atomic E-state index is 12.7. The summed E-state index contributed by atoms with van der Waals surface area (Å²) in [6, 6.07) is 22.1. The summed E-state index contributed by atoms with van der Waals surface area (Å²) in [4.78, 5) is 24.9. The van der Waals surface area contributed by atoms with Gasteiger partial charge in [-0.05, 0) is 91.9 Å². The van der Waals surface area contributed by atoms with Crippen LogP contribution >= 0.6 is 11.6 Å². The molecule has 1 heterocycles. The van der Waals surface area contributed by atoms with Gasteiger partial charge in [0.25, 0.3) is 5.91 Å². The highest BCUT2D eigenvalue weighted by Crippen LogP contribution is 2.37. The summed E-state index contributed by atoms with van der Waals surface area (Å²) in [5, 5.41) is 16.9. The van der Waals surface area contributed by atoms with Gasteiger partial charge in [0.05, 0.1) is 5.41 Å². The molecule has 1 amide bonds. The van der Waals surface area contributed by atoms with Crippen LogP contribution in [0.1, 0.15) is 35.7 Å². The van der Waals surface area contributed by atoms with Crippen molar-refractivity contribution in [2.45, 2.75) is 25.2 Å². The summed E-state index contributed by atoms with van der Waals surface area (Å²) >= 11 is 5.95. The van der Waals surface area contributed by atoms with Crippen molar-refractivity contribution >= 4 is 29.2 Å². The van der Waals surface area contributed by atoms with Crippen molar-refractivity contribution < 1.29 is 14.7 Å². The Labute approximate surface area is 198 Å². The van der Waals surface area contributed by atoms with Gasteiger partial charge in [-0.15, -0.1) is 0 Å². The van der Waals surface area contributed by atoms with E-state index in [1.54, 1.807) is 31.2 Å². The molecule has 1 aliphatic heterocycles. The van der Waals surface area contributed by atoms with Gasteiger partial charge < -0.3 is 15.7 Å². The number of carbonyl (C=O) groups is 2. The van der Waals surface area contributed by atoms with Crippen LogP contribution in [-0.2, 0) is 10.2 Å². The molecule has 0 spiro atoms. The predicted octanol–water partition coefficient (Wildman–Crippen LogP) is 5.60. The van der Waals surface area contributed by atoms with Gasteiger partial charge in [0, 0.05) is 16.3 Å². The smallest absolute Gasteiger partial charge is 0.314 e. The molecule has 170 valence electrons. The van der Waals surface area contributed by atoms with Gasteiger partial charge in [-0.2, -0.15) is 0 Å². The Bertz CT molecular complexity index is 1120. The van der Waals surface area contributed by atoms with Crippen LogP contribution in [0, 0.1) is 5.92 Å². The van der Waals surface area contributed by atoms with Crippen LogP contribution in [-0.4, -0.2) is 30.1 Å². The van der Waals surface area contributed by atoms with Crippen LogP contribution in [0.2, 0.25) is 5.02 Å². The molecule has 0 aliphatic carbocycles. The van der Waals surface area contributed by atoms with E-state index in [1.165, 1.54) is 0 Å². The SMILES string of the molecule is CC(C(=O)O)(c1ccc(NC(=O)c2ccc(-c3ccc(Cl)cc3)cc2)cc1)C1CCCNC1. The minimum atomic E-state index is -0.979. The Hall–Kier alpha value is -3.15. The first-order valence-electron chi connectivity index (χ1n) is 11.1. The molecule has 3 N–H and O–H groups in total. The van der Waals surface area contributed by atoms with Gasteiger partial charge in [-0.1, -0.05) is 48.0 Å². The Morgan fingerprint density at radius 1 is 0.970 bits per heavy atom. The average Bonchev–Trinajstić information content (AvgIpc) is 2.85. The minimum absolute atomic E-state index is 0.0170.